The van der Waals surface area contributed by atoms with Crippen LogP contribution in [0.2, 0.25) is 0 Å². The van der Waals surface area contributed by atoms with Crippen molar-refractivity contribution >= 4 is 22.6 Å². The van der Waals surface area contributed by atoms with E-state index in [2.05, 4.69) is 45.9 Å². The zero-order valence-corrected chi connectivity index (χ0v) is 16.6. The van der Waals surface area contributed by atoms with Crippen molar-refractivity contribution in [3.8, 4) is 0 Å². The lowest BCUT2D eigenvalue weighted by atomic mass is 10.1. The van der Waals surface area contributed by atoms with Crippen LogP contribution in [0.15, 0.2) is 42.6 Å². The van der Waals surface area contributed by atoms with Crippen molar-refractivity contribution < 1.29 is 9.90 Å². The third kappa shape index (κ3) is 4.77. The molecule has 28 heavy (non-hydrogen) atoms. The molecule has 0 saturated carbocycles. The number of para-hydroxylation sites is 1. The number of pyridine rings is 1. The first-order chi connectivity index (χ1) is 13.5. The molecular formula is C22H28N4O2. The quantitative estimate of drug-likeness (QED) is 0.482. The molecular weight excluding hydrogens is 352 g/mol. The number of aliphatic hydroxyl groups is 1. The highest BCUT2D eigenvalue weighted by atomic mass is 16.3. The smallest absolute Gasteiger partial charge is 0.228 e. The van der Waals surface area contributed by atoms with Gasteiger partial charge in [0.2, 0.25) is 5.91 Å². The number of hydrogen-bond acceptors (Lipinski definition) is 4. The number of rotatable bonds is 8. The molecule has 2 aromatic heterocycles. The van der Waals surface area contributed by atoms with E-state index in [0.29, 0.717) is 12.4 Å². The molecule has 3 aromatic rings. The fourth-order valence-electron chi connectivity index (χ4n) is 3.14. The Morgan fingerprint density at radius 1 is 1.14 bits per heavy atom. The Balaban J connectivity index is 1.66. The van der Waals surface area contributed by atoms with Gasteiger partial charge in [0.15, 0.2) is 0 Å². The SMILES string of the molecule is CC(Cc1c[nH]c2ccccc12)NCc1nc(NC(=O)C(C)C)ccc1CO. The van der Waals surface area contributed by atoms with Gasteiger partial charge in [-0.15, -0.1) is 0 Å². The second-order valence-corrected chi connectivity index (χ2v) is 7.45. The van der Waals surface area contributed by atoms with Gasteiger partial charge in [-0.1, -0.05) is 38.1 Å². The predicted molar refractivity (Wildman–Crippen MR) is 112 cm³/mol. The standard InChI is InChI=1S/C22H28N4O2/c1-14(2)22(28)26-21-9-8-16(13-27)20(25-21)12-23-15(3)10-17-11-24-19-7-5-4-6-18(17)19/h4-9,11,14-15,23-24,27H,10,12-13H2,1-3H3,(H,25,26,28). The summed E-state index contributed by atoms with van der Waals surface area (Å²) < 4.78 is 0. The number of carbonyl (C=O) groups excluding carboxylic acids is 1. The highest BCUT2D eigenvalue weighted by Crippen LogP contribution is 2.19. The maximum absolute atomic E-state index is 11.9. The van der Waals surface area contributed by atoms with Gasteiger partial charge in [0.1, 0.15) is 5.82 Å². The number of nitrogens with one attached hydrogen (secondary N) is 3. The molecule has 0 aliphatic rings. The fourth-order valence-corrected chi connectivity index (χ4v) is 3.14. The zero-order valence-electron chi connectivity index (χ0n) is 16.6. The molecule has 148 valence electrons. The molecule has 6 nitrogen and oxygen atoms in total. The van der Waals surface area contributed by atoms with Gasteiger partial charge < -0.3 is 20.7 Å². The molecule has 0 fully saturated rings. The first kappa shape index (κ1) is 20.0. The summed E-state index contributed by atoms with van der Waals surface area (Å²) in [5.74, 6) is 0.324. The minimum atomic E-state index is -0.114. The van der Waals surface area contributed by atoms with E-state index < -0.39 is 0 Å². The van der Waals surface area contributed by atoms with Gasteiger partial charge in [0, 0.05) is 41.2 Å². The third-order valence-electron chi connectivity index (χ3n) is 4.83. The molecule has 6 heteroatoms. The van der Waals surface area contributed by atoms with Crippen LogP contribution in [0.4, 0.5) is 5.82 Å². The third-order valence-corrected chi connectivity index (χ3v) is 4.83. The molecule has 2 heterocycles. The van der Waals surface area contributed by atoms with E-state index in [0.717, 1.165) is 23.2 Å². The van der Waals surface area contributed by atoms with Crippen LogP contribution in [0.1, 0.15) is 37.6 Å². The summed E-state index contributed by atoms with van der Waals surface area (Å²) in [6.07, 6.45) is 2.94. The Hall–Kier alpha value is -2.70. The summed E-state index contributed by atoms with van der Waals surface area (Å²) in [6.45, 7) is 6.24. The minimum absolute atomic E-state index is 0.0733. The molecule has 0 saturated heterocycles. The lowest BCUT2D eigenvalue weighted by Crippen LogP contribution is -2.28. The van der Waals surface area contributed by atoms with Crippen molar-refractivity contribution in [2.75, 3.05) is 5.32 Å². The predicted octanol–water partition coefficient (Wildman–Crippen LogP) is 3.37. The lowest BCUT2D eigenvalue weighted by Gasteiger charge is -2.16. The molecule has 1 atom stereocenters. The number of amides is 1. The Kier molecular flexibility index (Phi) is 6.44. The Morgan fingerprint density at radius 3 is 2.68 bits per heavy atom. The van der Waals surface area contributed by atoms with E-state index in [-0.39, 0.29) is 24.5 Å². The van der Waals surface area contributed by atoms with Crippen molar-refractivity contribution in [3.05, 3.63) is 59.4 Å². The molecule has 1 unspecified atom stereocenters. The first-order valence-electron chi connectivity index (χ1n) is 9.66. The highest BCUT2D eigenvalue weighted by molar-refractivity contribution is 5.91. The van der Waals surface area contributed by atoms with Crippen LogP contribution in [0.25, 0.3) is 10.9 Å². The lowest BCUT2D eigenvalue weighted by molar-refractivity contribution is -0.118. The van der Waals surface area contributed by atoms with Gasteiger partial charge in [-0.25, -0.2) is 4.98 Å². The largest absolute Gasteiger partial charge is 0.392 e. The molecule has 0 spiro atoms. The number of anilines is 1. The summed E-state index contributed by atoms with van der Waals surface area (Å²) >= 11 is 0. The van der Waals surface area contributed by atoms with Gasteiger partial charge in [-0.05, 0) is 31.0 Å². The number of H-pyrrole nitrogens is 1. The summed E-state index contributed by atoms with van der Waals surface area (Å²) in [5, 5.41) is 17.1. The maximum atomic E-state index is 11.9. The maximum Gasteiger partial charge on any atom is 0.228 e. The van der Waals surface area contributed by atoms with Crippen LogP contribution in [0.3, 0.4) is 0 Å². The summed E-state index contributed by atoms with van der Waals surface area (Å²) in [7, 11) is 0. The highest BCUT2D eigenvalue weighted by Gasteiger charge is 2.12. The number of aliphatic hydroxyl groups excluding tert-OH is 1. The van der Waals surface area contributed by atoms with Gasteiger partial charge in [0.25, 0.3) is 0 Å². The van der Waals surface area contributed by atoms with Crippen molar-refractivity contribution in [2.24, 2.45) is 5.92 Å². The topological polar surface area (TPSA) is 90.0 Å². The van der Waals surface area contributed by atoms with Gasteiger partial charge in [-0.3, -0.25) is 4.79 Å². The van der Waals surface area contributed by atoms with E-state index in [1.165, 1.54) is 10.9 Å². The molecule has 0 aliphatic carbocycles. The number of aromatic nitrogens is 2. The van der Waals surface area contributed by atoms with Crippen molar-refractivity contribution in [1.82, 2.24) is 15.3 Å². The summed E-state index contributed by atoms with van der Waals surface area (Å²) in [4.78, 5) is 19.7. The Morgan fingerprint density at radius 2 is 1.93 bits per heavy atom. The van der Waals surface area contributed by atoms with Crippen molar-refractivity contribution in [2.45, 2.75) is 46.4 Å². The number of fused-ring (bicyclic) bond motifs is 1. The van der Waals surface area contributed by atoms with Crippen LogP contribution in [0, 0.1) is 5.92 Å². The number of aromatic amines is 1. The second kappa shape index (κ2) is 8.99. The van der Waals surface area contributed by atoms with Crippen LogP contribution in [-0.4, -0.2) is 27.0 Å². The van der Waals surface area contributed by atoms with Crippen molar-refractivity contribution in [1.29, 1.82) is 0 Å². The molecule has 1 amide bonds. The average molecular weight is 380 g/mol. The van der Waals surface area contributed by atoms with Crippen LogP contribution in [-0.2, 0) is 24.4 Å². The minimum Gasteiger partial charge on any atom is -0.392 e. The van der Waals surface area contributed by atoms with E-state index in [1.807, 2.05) is 32.0 Å². The summed E-state index contributed by atoms with van der Waals surface area (Å²) in [6, 6.07) is 12.0. The van der Waals surface area contributed by atoms with Gasteiger partial charge in [-0.2, -0.15) is 0 Å². The molecule has 0 aliphatic heterocycles. The molecule has 0 radical (unpaired) electrons. The summed E-state index contributed by atoms with van der Waals surface area (Å²) in [5.41, 5.74) is 3.91. The zero-order chi connectivity index (χ0) is 20.1. The number of hydrogen-bond donors (Lipinski definition) is 4. The van der Waals surface area contributed by atoms with E-state index in [4.69, 9.17) is 0 Å². The van der Waals surface area contributed by atoms with E-state index in [1.54, 1.807) is 6.07 Å². The molecule has 1 aromatic carbocycles. The average Bonchev–Trinajstić information content (AvgIpc) is 3.09. The normalized spacial score (nSPS) is 12.5. The second-order valence-electron chi connectivity index (χ2n) is 7.45. The van der Waals surface area contributed by atoms with Crippen LogP contribution >= 0.6 is 0 Å². The number of benzene rings is 1. The van der Waals surface area contributed by atoms with E-state index in [9.17, 15) is 9.90 Å². The fraction of sp³-hybridized carbons (Fsp3) is 0.364. The molecule has 0 bridgehead atoms. The molecule has 3 rings (SSSR count). The first-order valence-corrected chi connectivity index (χ1v) is 9.66. The molecule has 4 N–H and O–H groups in total. The van der Waals surface area contributed by atoms with Gasteiger partial charge >= 0.3 is 0 Å². The van der Waals surface area contributed by atoms with Crippen LogP contribution in [0.5, 0.6) is 0 Å². The van der Waals surface area contributed by atoms with E-state index >= 15 is 0 Å². The Bertz CT molecular complexity index is 949. The monoisotopic (exact) mass is 380 g/mol. The number of nitrogens with zero attached hydrogens (tertiary/aromatic N) is 1. The van der Waals surface area contributed by atoms with Crippen molar-refractivity contribution in [3.63, 3.8) is 0 Å². The van der Waals surface area contributed by atoms with Gasteiger partial charge in [0.05, 0.1) is 12.3 Å². The van der Waals surface area contributed by atoms with Crippen LogP contribution < -0.4 is 10.6 Å². The number of carbonyl (C=O) groups is 1. The Labute approximate surface area is 165 Å².